The highest BCUT2D eigenvalue weighted by atomic mass is 19.3. The van der Waals surface area contributed by atoms with E-state index in [1.165, 1.54) is 19.2 Å². The van der Waals surface area contributed by atoms with Gasteiger partial charge in [-0.1, -0.05) is 30.3 Å². The van der Waals surface area contributed by atoms with Crippen LogP contribution in [-0.4, -0.2) is 38.0 Å². The zero-order chi connectivity index (χ0) is 13.4. The Kier molecular flexibility index (Phi) is 6.18. The Hall–Kier alpha value is -1.04. The molecule has 0 saturated heterocycles. The largest absolute Gasteiger partial charge is 0.391 e. The molecular weight excluding hydrogens is 240 g/mol. The number of hydrogen-bond acceptors (Lipinski definition) is 3. The lowest BCUT2D eigenvalue weighted by Crippen LogP contribution is -2.33. The van der Waals surface area contributed by atoms with Crippen LogP contribution in [-0.2, 0) is 10.7 Å². The highest BCUT2D eigenvalue weighted by Gasteiger charge is 2.30. The molecular formula is C13H19F2NO2. The lowest BCUT2D eigenvalue weighted by Gasteiger charge is -2.18. The van der Waals surface area contributed by atoms with Crippen molar-refractivity contribution in [2.24, 2.45) is 0 Å². The quantitative estimate of drug-likeness (QED) is 0.699. The Morgan fingerprint density at radius 1 is 1.33 bits per heavy atom. The van der Waals surface area contributed by atoms with Crippen LogP contribution in [0.2, 0.25) is 0 Å². The SMILES string of the molecule is COCC(O)CCNCC(F)(F)c1ccccc1. The fourth-order valence-corrected chi connectivity index (χ4v) is 1.57. The van der Waals surface area contributed by atoms with Crippen molar-refractivity contribution in [3.63, 3.8) is 0 Å². The summed E-state index contributed by atoms with van der Waals surface area (Å²) in [6.07, 6.45) is -0.230. The molecule has 1 atom stereocenters. The smallest absolute Gasteiger partial charge is 0.285 e. The number of benzene rings is 1. The molecule has 18 heavy (non-hydrogen) atoms. The van der Waals surface area contributed by atoms with E-state index in [1.807, 2.05) is 0 Å². The summed E-state index contributed by atoms with van der Waals surface area (Å²) in [5.41, 5.74) is -0.00469. The first-order valence-corrected chi connectivity index (χ1v) is 5.87. The number of aliphatic hydroxyl groups excluding tert-OH is 1. The Morgan fingerprint density at radius 3 is 2.61 bits per heavy atom. The fourth-order valence-electron chi connectivity index (χ4n) is 1.57. The highest BCUT2D eigenvalue weighted by Crippen LogP contribution is 2.26. The van der Waals surface area contributed by atoms with Crippen LogP contribution in [0.5, 0.6) is 0 Å². The third-order valence-electron chi connectivity index (χ3n) is 2.56. The van der Waals surface area contributed by atoms with E-state index >= 15 is 0 Å². The number of alkyl halides is 2. The monoisotopic (exact) mass is 259 g/mol. The van der Waals surface area contributed by atoms with Gasteiger partial charge in [0.25, 0.3) is 5.92 Å². The number of nitrogens with one attached hydrogen (secondary N) is 1. The molecule has 2 N–H and O–H groups in total. The van der Waals surface area contributed by atoms with Gasteiger partial charge >= 0.3 is 0 Å². The van der Waals surface area contributed by atoms with Gasteiger partial charge in [0.15, 0.2) is 0 Å². The van der Waals surface area contributed by atoms with Gasteiger partial charge in [0.05, 0.1) is 19.3 Å². The highest BCUT2D eigenvalue weighted by molar-refractivity contribution is 5.20. The van der Waals surface area contributed by atoms with E-state index in [0.29, 0.717) is 13.0 Å². The van der Waals surface area contributed by atoms with Crippen LogP contribution in [0.25, 0.3) is 0 Å². The van der Waals surface area contributed by atoms with Gasteiger partial charge in [0.2, 0.25) is 0 Å². The van der Waals surface area contributed by atoms with Crippen LogP contribution in [0.1, 0.15) is 12.0 Å². The third kappa shape index (κ3) is 5.08. The molecule has 1 rings (SSSR count). The van der Waals surface area contributed by atoms with E-state index in [-0.39, 0.29) is 12.2 Å². The topological polar surface area (TPSA) is 41.5 Å². The van der Waals surface area contributed by atoms with Crippen molar-refractivity contribution in [2.75, 3.05) is 26.8 Å². The van der Waals surface area contributed by atoms with Gasteiger partial charge in [-0.25, -0.2) is 0 Å². The molecule has 0 spiro atoms. The average molecular weight is 259 g/mol. The van der Waals surface area contributed by atoms with Gasteiger partial charge < -0.3 is 15.2 Å². The van der Waals surface area contributed by atoms with Crippen LogP contribution >= 0.6 is 0 Å². The summed E-state index contributed by atoms with van der Waals surface area (Å²) < 4.78 is 32.1. The Labute approximate surface area is 106 Å². The van der Waals surface area contributed by atoms with Crippen molar-refractivity contribution < 1.29 is 18.6 Å². The fraction of sp³-hybridized carbons (Fsp3) is 0.538. The zero-order valence-corrected chi connectivity index (χ0v) is 10.4. The second-order valence-electron chi connectivity index (χ2n) is 4.15. The molecule has 1 unspecified atom stereocenters. The summed E-state index contributed by atoms with van der Waals surface area (Å²) in [7, 11) is 1.49. The van der Waals surface area contributed by atoms with E-state index in [9.17, 15) is 13.9 Å². The van der Waals surface area contributed by atoms with Gasteiger partial charge in [-0.3, -0.25) is 0 Å². The molecule has 3 nitrogen and oxygen atoms in total. The van der Waals surface area contributed by atoms with Crippen molar-refractivity contribution in [2.45, 2.75) is 18.4 Å². The summed E-state index contributed by atoms with van der Waals surface area (Å²) >= 11 is 0. The lowest BCUT2D eigenvalue weighted by molar-refractivity contribution is -0.00465. The van der Waals surface area contributed by atoms with Gasteiger partial charge in [-0.15, -0.1) is 0 Å². The van der Waals surface area contributed by atoms with E-state index in [0.717, 1.165) is 0 Å². The van der Waals surface area contributed by atoms with Crippen LogP contribution in [0.3, 0.4) is 0 Å². The van der Waals surface area contributed by atoms with Crippen LogP contribution < -0.4 is 5.32 Å². The van der Waals surface area contributed by atoms with Crippen molar-refractivity contribution >= 4 is 0 Å². The van der Waals surface area contributed by atoms with Gasteiger partial charge in [0.1, 0.15) is 0 Å². The molecule has 0 bridgehead atoms. The van der Waals surface area contributed by atoms with Gasteiger partial charge in [-0.05, 0) is 13.0 Å². The molecule has 0 aromatic heterocycles. The summed E-state index contributed by atoms with van der Waals surface area (Å²) in [6, 6.07) is 7.69. The molecule has 0 heterocycles. The summed E-state index contributed by atoms with van der Waals surface area (Å²) in [5, 5.41) is 12.0. The minimum atomic E-state index is -2.90. The van der Waals surface area contributed by atoms with Crippen molar-refractivity contribution in [3.05, 3.63) is 35.9 Å². The van der Waals surface area contributed by atoms with E-state index < -0.39 is 18.6 Å². The maximum Gasteiger partial charge on any atom is 0.285 e. The first-order chi connectivity index (χ1) is 8.56. The third-order valence-corrected chi connectivity index (χ3v) is 2.56. The summed E-state index contributed by atoms with van der Waals surface area (Å²) in [5.74, 6) is -2.90. The number of halogens is 2. The predicted octanol–water partition coefficient (Wildman–Crippen LogP) is 1.77. The molecule has 1 aromatic carbocycles. The maximum atomic E-state index is 13.7. The zero-order valence-electron chi connectivity index (χ0n) is 10.4. The molecule has 102 valence electrons. The molecule has 0 saturated carbocycles. The lowest BCUT2D eigenvalue weighted by atomic mass is 10.1. The van der Waals surface area contributed by atoms with Crippen molar-refractivity contribution in [3.8, 4) is 0 Å². The Bertz CT molecular complexity index is 333. The molecule has 0 aliphatic rings. The number of methoxy groups -OCH3 is 1. The molecule has 5 heteroatoms. The number of rotatable bonds is 8. The Morgan fingerprint density at radius 2 is 2.00 bits per heavy atom. The first kappa shape index (κ1) is 15.0. The van der Waals surface area contributed by atoms with E-state index in [4.69, 9.17) is 4.74 Å². The van der Waals surface area contributed by atoms with Gasteiger partial charge in [0, 0.05) is 12.7 Å². The first-order valence-electron chi connectivity index (χ1n) is 5.87. The second kappa shape index (κ2) is 7.41. The average Bonchev–Trinajstić information content (AvgIpc) is 2.36. The molecule has 0 aliphatic carbocycles. The summed E-state index contributed by atoms with van der Waals surface area (Å²) in [4.78, 5) is 0. The molecule has 0 fully saturated rings. The molecule has 1 aromatic rings. The minimum Gasteiger partial charge on any atom is -0.391 e. The number of hydrogen-bond donors (Lipinski definition) is 2. The van der Waals surface area contributed by atoms with Crippen molar-refractivity contribution in [1.82, 2.24) is 5.32 Å². The van der Waals surface area contributed by atoms with E-state index in [1.54, 1.807) is 18.2 Å². The van der Waals surface area contributed by atoms with Gasteiger partial charge in [-0.2, -0.15) is 8.78 Å². The standard InChI is InChI=1S/C13H19F2NO2/c1-18-9-12(17)7-8-16-10-13(14,15)11-5-3-2-4-6-11/h2-6,12,16-17H,7-10H2,1H3. The number of aliphatic hydroxyl groups is 1. The maximum absolute atomic E-state index is 13.7. The normalized spacial score (nSPS) is 13.6. The minimum absolute atomic E-state index is 0.00469. The summed E-state index contributed by atoms with van der Waals surface area (Å²) in [6.45, 7) is 0.112. The second-order valence-corrected chi connectivity index (χ2v) is 4.15. The van der Waals surface area contributed by atoms with E-state index in [2.05, 4.69) is 5.32 Å². The molecule has 0 aliphatic heterocycles. The predicted molar refractivity (Wildman–Crippen MR) is 65.7 cm³/mol. The molecule has 0 amide bonds. The van der Waals surface area contributed by atoms with Crippen LogP contribution in [0.4, 0.5) is 8.78 Å². The van der Waals surface area contributed by atoms with Crippen LogP contribution in [0.15, 0.2) is 30.3 Å². The van der Waals surface area contributed by atoms with Crippen LogP contribution in [0, 0.1) is 0 Å². The van der Waals surface area contributed by atoms with Crippen molar-refractivity contribution in [1.29, 1.82) is 0 Å². The molecule has 0 radical (unpaired) electrons. The Balaban J connectivity index is 2.30. The number of ether oxygens (including phenoxy) is 1.